The predicted molar refractivity (Wildman–Crippen MR) is 109 cm³/mol. The molecular formula is C22H26N2O6. The molecule has 0 saturated carbocycles. The quantitative estimate of drug-likeness (QED) is 0.410. The van der Waals surface area contributed by atoms with Crippen molar-refractivity contribution >= 4 is 17.6 Å². The largest absolute Gasteiger partial charge is 0.466 e. The van der Waals surface area contributed by atoms with E-state index in [2.05, 4.69) is 0 Å². The molecule has 0 aromatic heterocycles. The summed E-state index contributed by atoms with van der Waals surface area (Å²) in [5.41, 5.74) is 2.60. The number of nitro groups is 1. The fourth-order valence-corrected chi connectivity index (χ4v) is 4.30. The topological polar surface area (TPSA) is 99.0 Å². The Morgan fingerprint density at radius 2 is 1.97 bits per heavy atom. The van der Waals surface area contributed by atoms with E-state index in [1.807, 2.05) is 11.8 Å². The van der Waals surface area contributed by atoms with Crippen molar-refractivity contribution in [2.24, 2.45) is 0 Å². The molecule has 0 aliphatic carbocycles. The lowest BCUT2D eigenvalue weighted by Crippen LogP contribution is -2.36. The number of benzene rings is 1. The summed E-state index contributed by atoms with van der Waals surface area (Å²) in [6.45, 7) is 4.44. The van der Waals surface area contributed by atoms with Gasteiger partial charge in [-0.05, 0) is 38.7 Å². The maximum Gasteiger partial charge on any atom is 0.336 e. The molecule has 1 atom stereocenters. The maximum absolute atomic E-state index is 13.1. The molecule has 160 valence electrons. The summed E-state index contributed by atoms with van der Waals surface area (Å²) in [6, 6.07) is 6.05. The summed E-state index contributed by atoms with van der Waals surface area (Å²) in [4.78, 5) is 38.8. The van der Waals surface area contributed by atoms with Gasteiger partial charge < -0.3 is 14.4 Å². The van der Waals surface area contributed by atoms with Crippen molar-refractivity contribution in [2.75, 3.05) is 20.3 Å². The van der Waals surface area contributed by atoms with Crippen molar-refractivity contribution in [1.82, 2.24) is 4.90 Å². The van der Waals surface area contributed by atoms with Crippen molar-refractivity contribution < 1.29 is 24.0 Å². The molecule has 1 aromatic rings. The highest BCUT2D eigenvalue weighted by Crippen LogP contribution is 2.45. The van der Waals surface area contributed by atoms with Crippen LogP contribution in [0.15, 0.2) is 46.8 Å². The zero-order chi connectivity index (χ0) is 21.8. The number of carbonyl (C=O) groups is 2. The minimum atomic E-state index is -0.791. The van der Waals surface area contributed by atoms with Crippen LogP contribution in [0.3, 0.4) is 0 Å². The molecule has 0 bridgehead atoms. The van der Waals surface area contributed by atoms with E-state index < -0.39 is 22.8 Å². The molecule has 8 nitrogen and oxygen atoms in total. The van der Waals surface area contributed by atoms with Crippen molar-refractivity contribution in [3.05, 3.63) is 62.5 Å². The van der Waals surface area contributed by atoms with Gasteiger partial charge in [0.05, 0.1) is 35.7 Å². The minimum absolute atomic E-state index is 0.106. The minimum Gasteiger partial charge on any atom is -0.466 e. The Labute approximate surface area is 175 Å². The lowest BCUT2D eigenvalue weighted by molar-refractivity contribution is -0.384. The fraction of sp³-hybridized carbons (Fsp3) is 0.455. The molecule has 1 saturated heterocycles. The molecule has 2 heterocycles. The summed E-state index contributed by atoms with van der Waals surface area (Å²) >= 11 is 0. The van der Waals surface area contributed by atoms with E-state index in [0.717, 1.165) is 25.0 Å². The van der Waals surface area contributed by atoms with Crippen LogP contribution in [0.25, 0.3) is 0 Å². The number of esters is 2. The number of non-ortho nitro benzene ring substituents is 1. The van der Waals surface area contributed by atoms with Crippen LogP contribution in [0.4, 0.5) is 5.69 Å². The van der Waals surface area contributed by atoms with Gasteiger partial charge in [-0.15, -0.1) is 0 Å². The molecule has 30 heavy (non-hydrogen) atoms. The lowest BCUT2D eigenvalue weighted by Gasteiger charge is -2.38. The Balaban J connectivity index is 2.29. The Bertz CT molecular complexity index is 933. The van der Waals surface area contributed by atoms with Crippen molar-refractivity contribution in [3.8, 4) is 0 Å². The Morgan fingerprint density at radius 3 is 2.63 bits per heavy atom. The summed E-state index contributed by atoms with van der Waals surface area (Å²) in [5.74, 6) is -1.86. The zero-order valence-electron chi connectivity index (χ0n) is 17.5. The second-order valence-corrected chi connectivity index (χ2v) is 7.32. The molecule has 1 unspecified atom stereocenters. The first-order chi connectivity index (χ1) is 14.4. The third-order valence-electron chi connectivity index (χ3n) is 5.62. The van der Waals surface area contributed by atoms with Crippen LogP contribution in [0.2, 0.25) is 0 Å². The van der Waals surface area contributed by atoms with Gasteiger partial charge in [0.25, 0.3) is 5.69 Å². The summed E-state index contributed by atoms with van der Waals surface area (Å²) < 4.78 is 10.4. The Kier molecular flexibility index (Phi) is 6.54. The molecule has 1 fully saturated rings. The smallest absolute Gasteiger partial charge is 0.336 e. The second-order valence-electron chi connectivity index (χ2n) is 7.32. The lowest BCUT2D eigenvalue weighted by atomic mass is 9.79. The SMILES string of the molecule is CCOC(=O)C1=C2CCCCCN2C(C)=C(C(=O)OC)C1c1cccc([N+](=O)[O-])c1. The van der Waals surface area contributed by atoms with E-state index in [4.69, 9.17) is 9.47 Å². The number of nitrogens with zero attached hydrogens (tertiary/aromatic N) is 2. The van der Waals surface area contributed by atoms with E-state index in [-0.39, 0.29) is 12.3 Å². The third kappa shape index (κ3) is 3.94. The summed E-state index contributed by atoms with van der Waals surface area (Å²) in [6.07, 6.45) is 3.54. The third-order valence-corrected chi connectivity index (χ3v) is 5.62. The number of fused-ring (bicyclic) bond motifs is 1. The molecule has 1 aromatic carbocycles. The number of ether oxygens (including phenoxy) is 2. The van der Waals surface area contributed by atoms with Gasteiger partial charge in [0.1, 0.15) is 0 Å². The first-order valence-corrected chi connectivity index (χ1v) is 10.1. The summed E-state index contributed by atoms with van der Waals surface area (Å²) in [7, 11) is 1.29. The number of allylic oxidation sites excluding steroid dienone is 2. The fourth-order valence-electron chi connectivity index (χ4n) is 4.30. The number of methoxy groups -OCH3 is 1. The molecule has 0 radical (unpaired) electrons. The molecule has 0 amide bonds. The number of rotatable bonds is 5. The van der Waals surface area contributed by atoms with Gasteiger partial charge in [0.15, 0.2) is 0 Å². The number of hydrogen-bond donors (Lipinski definition) is 0. The van der Waals surface area contributed by atoms with Gasteiger partial charge >= 0.3 is 11.9 Å². The van der Waals surface area contributed by atoms with Crippen LogP contribution in [0.5, 0.6) is 0 Å². The molecule has 0 spiro atoms. The van der Waals surface area contributed by atoms with Crippen molar-refractivity contribution in [1.29, 1.82) is 0 Å². The Hall–Kier alpha value is -3.16. The molecule has 3 rings (SSSR count). The van der Waals surface area contributed by atoms with E-state index in [1.54, 1.807) is 19.1 Å². The van der Waals surface area contributed by atoms with Crippen LogP contribution in [0, 0.1) is 10.1 Å². The average molecular weight is 414 g/mol. The van der Waals surface area contributed by atoms with E-state index in [1.165, 1.54) is 19.2 Å². The van der Waals surface area contributed by atoms with Crippen LogP contribution in [-0.4, -0.2) is 42.0 Å². The highest BCUT2D eigenvalue weighted by atomic mass is 16.6. The van der Waals surface area contributed by atoms with Gasteiger partial charge in [-0.25, -0.2) is 9.59 Å². The van der Waals surface area contributed by atoms with Gasteiger partial charge in [-0.3, -0.25) is 10.1 Å². The van der Waals surface area contributed by atoms with Gasteiger partial charge in [0, 0.05) is 30.1 Å². The molecular weight excluding hydrogens is 388 g/mol. The highest BCUT2D eigenvalue weighted by molar-refractivity contribution is 6.00. The first-order valence-electron chi connectivity index (χ1n) is 10.1. The van der Waals surface area contributed by atoms with Crippen LogP contribution < -0.4 is 0 Å². The maximum atomic E-state index is 13.1. The molecule has 2 aliphatic heterocycles. The number of nitro benzene ring substituents is 1. The van der Waals surface area contributed by atoms with Gasteiger partial charge in [0.2, 0.25) is 0 Å². The van der Waals surface area contributed by atoms with Crippen molar-refractivity contribution in [3.63, 3.8) is 0 Å². The number of hydrogen-bond acceptors (Lipinski definition) is 7. The first kappa shape index (κ1) is 21.5. The Morgan fingerprint density at radius 1 is 1.20 bits per heavy atom. The standard InChI is InChI=1S/C22H26N2O6/c1-4-30-22(26)20-17-11-6-5-7-12-23(17)14(2)18(21(25)29-3)19(20)15-9-8-10-16(13-15)24(27)28/h8-10,13,19H,4-7,11-12H2,1-3H3. The molecule has 2 aliphatic rings. The van der Waals surface area contributed by atoms with Gasteiger partial charge in [-0.1, -0.05) is 18.6 Å². The molecule has 8 heteroatoms. The van der Waals surface area contributed by atoms with Crippen LogP contribution in [-0.2, 0) is 19.1 Å². The van der Waals surface area contributed by atoms with Crippen LogP contribution >= 0.6 is 0 Å². The second kappa shape index (κ2) is 9.11. The summed E-state index contributed by atoms with van der Waals surface area (Å²) in [5, 5.41) is 11.4. The number of carbonyl (C=O) groups excluding carboxylic acids is 2. The zero-order valence-corrected chi connectivity index (χ0v) is 17.5. The van der Waals surface area contributed by atoms with E-state index in [0.29, 0.717) is 35.4 Å². The monoisotopic (exact) mass is 414 g/mol. The molecule has 0 N–H and O–H groups in total. The van der Waals surface area contributed by atoms with Crippen molar-refractivity contribution in [2.45, 2.75) is 45.4 Å². The van der Waals surface area contributed by atoms with Crippen LogP contribution in [0.1, 0.15) is 51.0 Å². The highest BCUT2D eigenvalue weighted by Gasteiger charge is 2.42. The van der Waals surface area contributed by atoms with Gasteiger partial charge in [-0.2, -0.15) is 0 Å². The average Bonchev–Trinajstić information content (AvgIpc) is 2.99. The predicted octanol–water partition coefficient (Wildman–Crippen LogP) is 3.83. The normalized spacial score (nSPS) is 19.2. The van der Waals surface area contributed by atoms with E-state index >= 15 is 0 Å². The van der Waals surface area contributed by atoms with E-state index in [9.17, 15) is 19.7 Å².